The molecule has 28 heavy (non-hydrogen) atoms. The van der Waals surface area contributed by atoms with Crippen molar-refractivity contribution in [1.82, 2.24) is 15.5 Å². The standard InChI is InChI=1S/C22H25N3O3/c1-22(14-12-17-8-4-2-5-9-17)20(27)25(21(28)24-22)16-19(26)23-15-13-18-10-6-3-7-11-18/h2-11H,12-16H2,1H3,(H,23,26)(H,24,28). The normalized spacial score (nSPS) is 18.8. The molecule has 1 atom stereocenters. The zero-order valence-electron chi connectivity index (χ0n) is 16.0. The number of aryl methyl sites for hydroxylation is 1. The van der Waals surface area contributed by atoms with Crippen molar-refractivity contribution in [3.8, 4) is 0 Å². The Labute approximate surface area is 164 Å². The Morgan fingerprint density at radius 3 is 2.14 bits per heavy atom. The first kappa shape index (κ1) is 19.6. The molecule has 0 aromatic heterocycles. The van der Waals surface area contributed by atoms with Crippen LogP contribution in [0.4, 0.5) is 4.79 Å². The molecular weight excluding hydrogens is 354 g/mol. The van der Waals surface area contributed by atoms with Gasteiger partial charge >= 0.3 is 6.03 Å². The van der Waals surface area contributed by atoms with Gasteiger partial charge in [-0.05, 0) is 37.3 Å². The molecule has 3 rings (SSSR count). The Bertz CT molecular complexity index is 839. The highest BCUT2D eigenvalue weighted by Crippen LogP contribution is 2.23. The summed E-state index contributed by atoms with van der Waals surface area (Å²) in [4.78, 5) is 38.2. The summed E-state index contributed by atoms with van der Waals surface area (Å²) in [5.74, 6) is -0.696. The van der Waals surface area contributed by atoms with E-state index < -0.39 is 11.6 Å². The summed E-state index contributed by atoms with van der Waals surface area (Å²) in [7, 11) is 0. The van der Waals surface area contributed by atoms with Crippen LogP contribution in [-0.4, -0.2) is 41.4 Å². The van der Waals surface area contributed by atoms with Crippen LogP contribution in [0.2, 0.25) is 0 Å². The number of nitrogens with one attached hydrogen (secondary N) is 2. The van der Waals surface area contributed by atoms with Gasteiger partial charge < -0.3 is 10.6 Å². The van der Waals surface area contributed by atoms with Crippen molar-refractivity contribution in [1.29, 1.82) is 0 Å². The zero-order valence-corrected chi connectivity index (χ0v) is 16.0. The molecule has 1 saturated heterocycles. The van der Waals surface area contributed by atoms with Gasteiger partial charge in [-0.2, -0.15) is 0 Å². The van der Waals surface area contributed by atoms with E-state index in [1.54, 1.807) is 6.92 Å². The summed E-state index contributed by atoms with van der Waals surface area (Å²) in [6.45, 7) is 1.90. The fraction of sp³-hybridized carbons (Fsp3) is 0.318. The average molecular weight is 379 g/mol. The van der Waals surface area contributed by atoms with Crippen molar-refractivity contribution in [2.75, 3.05) is 13.1 Å². The largest absolute Gasteiger partial charge is 0.354 e. The van der Waals surface area contributed by atoms with Gasteiger partial charge in [0.2, 0.25) is 5.91 Å². The van der Waals surface area contributed by atoms with Crippen molar-refractivity contribution in [3.05, 3.63) is 71.8 Å². The maximum atomic E-state index is 12.8. The van der Waals surface area contributed by atoms with Gasteiger partial charge in [0.25, 0.3) is 5.91 Å². The van der Waals surface area contributed by atoms with E-state index in [9.17, 15) is 14.4 Å². The van der Waals surface area contributed by atoms with E-state index >= 15 is 0 Å². The second-order valence-corrected chi connectivity index (χ2v) is 7.22. The fourth-order valence-corrected chi connectivity index (χ4v) is 3.29. The molecule has 6 nitrogen and oxygen atoms in total. The summed E-state index contributed by atoms with van der Waals surface area (Å²) in [6, 6.07) is 19.1. The van der Waals surface area contributed by atoms with Crippen LogP contribution in [0, 0.1) is 0 Å². The van der Waals surface area contributed by atoms with Crippen molar-refractivity contribution in [3.63, 3.8) is 0 Å². The Balaban J connectivity index is 1.50. The minimum Gasteiger partial charge on any atom is -0.354 e. The number of nitrogens with zero attached hydrogens (tertiary/aromatic N) is 1. The summed E-state index contributed by atoms with van der Waals surface area (Å²) in [6.07, 6.45) is 1.84. The summed E-state index contributed by atoms with van der Waals surface area (Å²) in [5, 5.41) is 5.52. The van der Waals surface area contributed by atoms with E-state index in [1.165, 1.54) is 0 Å². The van der Waals surface area contributed by atoms with Crippen LogP contribution in [0.25, 0.3) is 0 Å². The predicted octanol–water partition coefficient (Wildman–Crippen LogP) is 2.29. The highest BCUT2D eigenvalue weighted by atomic mass is 16.2. The number of carbonyl (C=O) groups is 3. The third-order valence-electron chi connectivity index (χ3n) is 4.98. The highest BCUT2D eigenvalue weighted by molar-refractivity contribution is 6.08. The SMILES string of the molecule is CC1(CCc2ccccc2)NC(=O)N(CC(=O)NCCc2ccccc2)C1=O. The van der Waals surface area contributed by atoms with Crippen molar-refractivity contribution < 1.29 is 14.4 Å². The van der Waals surface area contributed by atoms with Crippen molar-refractivity contribution in [2.24, 2.45) is 0 Å². The van der Waals surface area contributed by atoms with Gasteiger partial charge in [0, 0.05) is 6.54 Å². The first-order valence-corrected chi connectivity index (χ1v) is 9.46. The molecule has 2 aromatic rings. The number of imide groups is 1. The lowest BCUT2D eigenvalue weighted by molar-refractivity contribution is -0.134. The smallest absolute Gasteiger partial charge is 0.325 e. The molecule has 0 bridgehead atoms. The van der Waals surface area contributed by atoms with Crippen molar-refractivity contribution in [2.45, 2.75) is 31.7 Å². The lowest BCUT2D eigenvalue weighted by Crippen LogP contribution is -2.45. The monoisotopic (exact) mass is 379 g/mol. The fourth-order valence-electron chi connectivity index (χ4n) is 3.29. The summed E-state index contributed by atoms with van der Waals surface area (Å²) >= 11 is 0. The lowest BCUT2D eigenvalue weighted by atomic mass is 9.93. The quantitative estimate of drug-likeness (QED) is 0.691. The van der Waals surface area contributed by atoms with Gasteiger partial charge in [0.05, 0.1) is 0 Å². The molecule has 1 aliphatic heterocycles. The van der Waals surface area contributed by atoms with Crippen LogP contribution in [0.1, 0.15) is 24.5 Å². The molecule has 6 heteroatoms. The van der Waals surface area contributed by atoms with E-state index in [0.717, 1.165) is 16.0 Å². The molecule has 2 N–H and O–H groups in total. The molecular formula is C22H25N3O3. The minimum absolute atomic E-state index is 0.264. The molecule has 0 spiro atoms. The molecule has 146 valence electrons. The van der Waals surface area contributed by atoms with Crippen LogP contribution < -0.4 is 10.6 Å². The number of benzene rings is 2. The molecule has 0 saturated carbocycles. The second kappa shape index (κ2) is 8.69. The lowest BCUT2D eigenvalue weighted by Gasteiger charge is -2.21. The number of carbonyl (C=O) groups excluding carboxylic acids is 3. The van der Waals surface area contributed by atoms with E-state index in [-0.39, 0.29) is 18.4 Å². The number of hydrogen-bond acceptors (Lipinski definition) is 3. The van der Waals surface area contributed by atoms with Crippen LogP contribution in [0.5, 0.6) is 0 Å². The van der Waals surface area contributed by atoms with E-state index in [1.807, 2.05) is 60.7 Å². The molecule has 1 heterocycles. The molecule has 1 fully saturated rings. The van der Waals surface area contributed by atoms with Crippen LogP contribution >= 0.6 is 0 Å². The van der Waals surface area contributed by atoms with E-state index in [0.29, 0.717) is 25.8 Å². The molecule has 1 aliphatic rings. The van der Waals surface area contributed by atoms with Gasteiger partial charge in [0.15, 0.2) is 0 Å². The van der Waals surface area contributed by atoms with E-state index in [4.69, 9.17) is 0 Å². The zero-order chi connectivity index (χ0) is 20.0. The molecule has 4 amide bonds. The second-order valence-electron chi connectivity index (χ2n) is 7.22. The third-order valence-corrected chi connectivity index (χ3v) is 4.98. The number of hydrogen-bond donors (Lipinski definition) is 2. The summed E-state index contributed by atoms with van der Waals surface area (Å²) in [5.41, 5.74) is 1.23. The number of urea groups is 1. The van der Waals surface area contributed by atoms with Crippen LogP contribution in [0.3, 0.4) is 0 Å². The van der Waals surface area contributed by atoms with E-state index in [2.05, 4.69) is 10.6 Å². The molecule has 0 aliphatic carbocycles. The van der Waals surface area contributed by atoms with Crippen LogP contribution in [0.15, 0.2) is 60.7 Å². The van der Waals surface area contributed by atoms with Gasteiger partial charge in [-0.15, -0.1) is 0 Å². The Morgan fingerprint density at radius 2 is 1.54 bits per heavy atom. The Hall–Kier alpha value is -3.15. The number of amides is 4. The van der Waals surface area contributed by atoms with Crippen molar-refractivity contribution >= 4 is 17.8 Å². The molecule has 0 radical (unpaired) electrons. The highest BCUT2D eigenvalue weighted by Gasteiger charge is 2.47. The minimum atomic E-state index is -0.989. The predicted molar refractivity (Wildman–Crippen MR) is 107 cm³/mol. The topological polar surface area (TPSA) is 78.5 Å². The Kier molecular flexibility index (Phi) is 6.09. The molecule has 1 unspecified atom stereocenters. The maximum absolute atomic E-state index is 12.8. The average Bonchev–Trinajstić information content (AvgIpc) is 2.91. The van der Waals surface area contributed by atoms with Gasteiger partial charge in [0.1, 0.15) is 12.1 Å². The van der Waals surface area contributed by atoms with Gasteiger partial charge in [-0.25, -0.2) is 4.79 Å². The third kappa shape index (κ3) is 4.76. The summed E-state index contributed by atoms with van der Waals surface area (Å²) < 4.78 is 0. The first-order chi connectivity index (χ1) is 13.5. The number of rotatable bonds is 8. The Morgan fingerprint density at radius 1 is 0.964 bits per heavy atom. The first-order valence-electron chi connectivity index (χ1n) is 9.46. The molecule has 2 aromatic carbocycles. The van der Waals surface area contributed by atoms with Gasteiger partial charge in [-0.3, -0.25) is 14.5 Å². The van der Waals surface area contributed by atoms with Gasteiger partial charge in [-0.1, -0.05) is 60.7 Å². The van der Waals surface area contributed by atoms with Crippen LogP contribution in [-0.2, 0) is 22.4 Å². The maximum Gasteiger partial charge on any atom is 0.325 e.